The molecule has 35 heavy (non-hydrogen) atoms. The summed E-state index contributed by atoms with van der Waals surface area (Å²) in [5, 5.41) is 21.5. The number of aliphatic hydroxyl groups is 1. The number of aromatic nitrogens is 4. The molecule has 13 heteroatoms. The van der Waals surface area contributed by atoms with Crippen LogP contribution in [-0.2, 0) is 17.6 Å². The van der Waals surface area contributed by atoms with E-state index in [0.29, 0.717) is 11.6 Å². The van der Waals surface area contributed by atoms with Crippen LogP contribution in [0.2, 0.25) is 0 Å². The predicted molar refractivity (Wildman–Crippen MR) is 104 cm³/mol. The zero-order valence-electron chi connectivity index (χ0n) is 17.7. The van der Waals surface area contributed by atoms with E-state index in [9.17, 15) is 27.1 Å². The standard InChI is InChI=1S/C22H17F7N4O2/c23-14-3-6-16(17(24)7-14)20(34,11-33-12-30-31-32-33)21(25,26)19-8-18(9-19,10-19)13-1-4-15(5-2-13)35-22(27,28)29/h1-7,12,34H,8-11H2/t18?,19?,20-/m0/s1. The molecule has 0 amide bonds. The fourth-order valence-electron chi connectivity index (χ4n) is 5.54. The first-order chi connectivity index (χ1) is 16.3. The van der Waals surface area contributed by atoms with Gasteiger partial charge in [0, 0.05) is 17.0 Å². The SMILES string of the molecule is O[C@@](Cn1cnnn1)(c1ccc(F)cc1F)C(F)(F)C12CC(c3ccc(OC(F)(F)F)cc3)(C1)C2. The van der Waals surface area contributed by atoms with Gasteiger partial charge in [0.05, 0.1) is 6.54 Å². The summed E-state index contributed by atoms with van der Waals surface area (Å²) >= 11 is 0. The molecule has 3 aromatic rings. The van der Waals surface area contributed by atoms with E-state index in [1.807, 2.05) is 0 Å². The molecule has 1 N–H and O–H groups in total. The molecule has 186 valence electrons. The van der Waals surface area contributed by atoms with E-state index in [0.717, 1.165) is 35.3 Å². The van der Waals surface area contributed by atoms with Crippen LogP contribution in [0.4, 0.5) is 30.7 Å². The Morgan fingerprint density at radius 2 is 1.63 bits per heavy atom. The minimum absolute atomic E-state index is 0.0901. The van der Waals surface area contributed by atoms with Gasteiger partial charge in [-0.2, -0.15) is 0 Å². The van der Waals surface area contributed by atoms with Gasteiger partial charge in [0.1, 0.15) is 23.7 Å². The molecule has 0 saturated heterocycles. The van der Waals surface area contributed by atoms with E-state index in [2.05, 4.69) is 20.3 Å². The van der Waals surface area contributed by atoms with Crippen LogP contribution in [0.5, 0.6) is 5.75 Å². The summed E-state index contributed by atoms with van der Waals surface area (Å²) in [7, 11) is 0. The van der Waals surface area contributed by atoms with Crippen molar-refractivity contribution in [2.24, 2.45) is 5.41 Å². The fraction of sp³-hybridized carbons (Fsp3) is 0.409. The third kappa shape index (κ3) is 3.55. The zero-order chi connectivity index (χ0) is 25.3. The Kier molecular flexibility index (Phi) is 4.97. The summed E-state index contributed by atoms with van der Waals surface area (Å²) < 4.78 is 102. The molecular weight excluding hydrogens is 485 g/mol. The monoisotopic (exact) mass is 502 g/mol. The Morgan fingerprint density at radius 1 is 0.971 bits per heavy atom. The second-order valence-electron chi connectivity index (χ2n) is 9.23. The Hall–Kier alpha value is -3.22. The van der Waals surface area contributed by atoms with Crippen LogP contribution in [0.1, 0.15) is 30.4 Å². The minimum atomic E-state index is -4.86. The molecule has 0 aliphatic heterocycles. The molecule has 2 bridgehead atoms. The lowest BCUT2D eigenvalue weighted by Crippen LogP contribution is -2.76. The van der Waals surface area contributed by atoms with Crippen molar-refractivity contribution in [2.75, 3.05) is 0 Å². The summed E-state index contributed by atoms with van der Waals surface area (Å²) in [6, 6.07) is 6.93. The van der Waals surface area contributed by atoms with E-state index in [4.69, 9.17) is 0 Å². The van der Waals surface area contributed by atoms with Crippen LogP contribution in [-0.4, -0.2) is 37.6 Å². The van der Waals surface area contributed by atoms with Gasteiger partial charge in [0.25, 0.3) is 5.92 Å². The number of ether oxygens (including phenoxy) is 1. The van der Waals surface area contributed by atoms with E-state index in [1.165, 1.54) is 12.1 Å². The first kappa shape index (κ1) is 23.5. The smallest absolute Gasteiger partial charge is 0.406 e. The molecule has 2 aromatic carbocycles. The number of nitrogens with zero attached hydrogens (tertiary/aromatic N) is 4. The van der Waals surface area contributed by atoms with Gasteiger partial charge >= 0.3 is 6.36 Å². The summed E-state index contributed by atoms with van der Waals surface area (Å²) in [6.07, 6.45) is -4.15. The van der Waals surface area contributed by atoms with Crippen molar-refractivity contribution >= 4 is 0 Å². The third-order valence-corrected chi connectivity index (χ3v) is 7.08. The van der Waals surface area contributed by atoms with Crippen molar-refractivity contribution in [3.05, 3.63) is 71.6 Å². The number of tetrazole rings is 1. The maximum absolute atomic E-state index is 16.1. The summed E-state index contributed by atoms with van der Waals surface area (Å²) in [4.78, 5) is 0. The van der Waals surface area contributed by atoms with Crippen LogP contribution >= 0.6 is 0 Å². The highest BCUT2D eigenvalue weighted by molar-refractivity contribution is 5.44. The van der Waals surface area contributed by atoms with Crippen LogP contribution < -0.4 is 4.74 Å². The van der Waals surface area contributed by atoms with E-state index >= 15 is 8.78 Å². The highest BCUT2D eigenvalue weighted by atomic mass is 19.4. The quantitative estimate of drug-likeness (QED) is 0.482. The van der Waals surface area contributed by atoms with Crippen LogP contribution in [0.25, 0.3) is 0 Å². The lowest BCUT2D eigenvalue weighted by Gasteiger charge is -2.74. The van der Waals surface area contributed by atoms with Gasteiger partial charge in [-0.25, -0.2) is 22.2 Å². The molecule has 0 radical (unpaired) electrons. The molecule has 6 rings (SSSR count). The van der Waals surface area contributed by atoms with E-state index in [1.54, 1.807) is 0 Å². The number of halogens is 7. The molecule has 1 atom stereocenters. The lowest BCUT2D eigenvalue weighted by molar-refractivity contribution is -0.347. The van der Waals surface area contributed by atoms with Crippen molar-refractivity contribution < 1.29 is 40.6 Å². The largest absolute Gasteiger partial charge is 0.573 e. The predicted octanol–water partition coefficient (Wildman–Crippen LogP) is 4.49. The second-order valence-corrected chi connectivity index (χ2v) is 9.23. The lowest BCUT2D eigenvalue weighted by atomic mass is 9.30. The molecule has 3 saturated carbocycles. The molecule has 1 heterocycles. The molecule has 3 aliphatic rings. The van der Waals surface area contributed by atoms with Crippen LogP contribution in [0.3, 0.4) is 0 Å². The first-order valence-corrected chi connectivity index (χ1v) is 10.4. The van der Waals surface area contributed by atoms with Gasteiger partial charge in [0.2, 0.25) is 0 Å². The Labute approximate surface area is 193 Å². The van der Waals surface area contributed by atoms with Crippen LogP contribution in [0.15, 0.2) is 48.8 Å². The Morgan fingerprint density at radius 3 is 2.17 bits per heavy atom. The fourth-order valence-corrected chi connectivity index (χ4v) is 5.54. The third-order valence-electron chi connectivity index (χ3n) is 7.08. The Balaban J connectivity index is 1.43. The molecule has 0 spiro atoms. The van der Waals surface area contributed by atoms with Gasteiger partial charge in [-0.3, -0.25) is 0 Å². The molecule has 1 aromatic heterocycles. The molecule has 0 unspecified atom stereocenters. The number of rotatable bonds is 7. The normalized spacial score (nSPS) is 25.4. The second kappa shape index (κ2) is 7.39. The molecule has 3 fully saturated rings. The number of benzene rings is 2. The van der Waals surface area contributed by atoms with Crippen molar-refractivity contribution in [3.63, 3.8) is 0 Å². The van der Waals surface area contributed by atoms with Gasteiger partial charge in [-0.1, -0.05) is 12.1 Å². The van der Waals surface area contributed by atoms with Crippen molar-refractivity contribution in [3.8, 4) is 5.75 Å². The Bertz CT molecular complexity index is 1230. The van der Waals surface area contributed by atoms with Crippen molar-refractivity contribution in [1.82, 2.24) is 20.2 Å². The number of hydrogen-bond acceptors (Lipinski definition) is 5. The number of hydrogen-bond donors (Lipinski definition) is 1. The topological polar surface area (TPSA) is 73.1 Å². The number of alkyl halides is 5. The average molecular weight is 502 g/mol. The summed E-state index contributed by atoms with van der Waals surface area (Å²) in [5.41, 5.74) is -5.78. The maximum Gasteiger partial charge on any atom is 0.573 e. The minimum Gasteiger partial charge on any atom is -0.406 e. The van der Waals surface area contributed by atoms with Crippen LogP contribution in [0, 0.1) is 17.0 Å². The summed E-state index contributed by atoms with van der Waals surface area (Å²) in [6.45, 7) is -0.895. The average Bonchev–Trinajstić information content (AvgIpc) is 3.18. The maximum atomic E-state index is 16.1. The van der Waals surface area contributed by atoms with Gasteiger partial charge < -0.3 is 9.84 Å². The molecule has 3 aliphatic carbocycles. The van der Waals surface area contributed by atoms with E-state index < -0.39 is 58.2 Å². The molecule has 6 nitrogen and oxygen atoms in total. The highest BCUT2D eigenvalue weighted by Crippen LogP contribution is 2.80. The van der Waals surface area contributed by atoms with Crippen molar-refractivity contribution in [2.45, 2.75) is 49.1 Å². The van der Waals surface area contributed by atoms with Gasteiger partial charge in [-0.05, 0) is 64.9 Å². The summed E-state index contributed by atoms with van der Waals surface area (Å²) in [5.74, 6) is -6.68. The van der Waals surface area contributed by atoms with Gasteiger partial charge in [0.15, 0.2) is 5.60 Å². The first-order valence-electron chi connectivity index (χ1n) is 10.4. The highest BCUT2D eigenvalue weighted by Gasteiger charge is 2.82. The molecular formula is C22H17F7N4O2. The van der Waals surface area contributed by atoms with E-state index in [-0.39, 0.29) is 19.3 Å². The van der Waals surface area contributed by atoms with Gasteiger partial charge in [-0.15, -0.1) is 18.3 Å². The zero-order valence-corrected chi connectivity index (χ0v) is 17.7. The van der Waals surface area contributed by atoms with Crippen molar-refractivity contribution in [1.29, 1.82) is 0 Å².